The fraction of sp³-hybridized carbons (Fsp3) is 0.588. The van der Waals surface area contributed by atoms with Crippen molar-refractivity contribution in [1.82, 2.24) is 4.90 Å². The first-order valence-corrected chi connectivity index (χ1v) is 8.99. The molecular weight excluding hydrogens is 410 g/mol. The maximum absolute atomic E-state index is 13.1. The molecule has 1 atom stereocenters. The number of ether oxygens (including phenoxy) is 1. The molecule has 1 aliphatic heterocycles. The Kier molecular flexibility index (Phi) is 6.11. The van der Waals surface area contributed by atoms with Crippen LogP contribution in [0.3, 0.4) is 0 Å². The largest absolute Gasteiger partial charge is 0.444 e. The van der Waals surface area contributed by atoms with Gasteiger partial charge in [-0.25, -0.2) is 9.18 Å². The molecule has 1 aliphatic rings. The third-order valence-electron chi connectivity index (χ3n) is 3.68. The minimum absolute atomic E-state index is 0.228. The molecule has 0 aromatic heterocycles. The number of amides is 1. The molecule has 1 fully saturated rings. The van der Waals surface area contributed by atoms with Gasteiger partial charge in [0.25, 0.3) is 0 Å². The number of carbonyl (C=O) groups is 1. The molecule has 23 heavy (non-hydrogen) atoms. The van der Waals surface area contributed by atoms with E-state index >= 15 is 0 Å². The normalized spacial score (nSPS) is 18.7. The third-order valence-corrected chi connectivity index (χ3v) is 4.58. The van der Waals surface area contributed by atoms with Gasteiger partial charge in [-0.2, -0.15) is 0 Å². The summed E-state index contributed by atoms with van der Waals surface area (Å²) in [7, 11) is 0. The van der Waals surface area contributed by atoms with Crippen LogP contribution in [0.5, 0.6) is 0 Å². The highest BCUT2D eigenvalue weighted by atomic mass is 127. The Labute approximate surface area is 150 Å². The van der Waals surface area contributed by atoms with E-state index in [0.717, 1.165) is 35.2 Å². The summed E-state index contributed by atoms with van der Waals surface area (Å²) in [6.07, 6.45) is 1.81. The number of piperidine rings is 1. The molecule has 1 N–H and O–H groups in total. The summed E-state index contributed by atoms with van der Waals surface area (Å²) in [5.41, 5.74) is 0.466. The lowest BCUT2D eigenvalue weighted by Gasteiger charge is -2.34. The summed E-state index contributed by atoms with van der Waals surface area (Å²) in [6, 6.07) is 4.72. The second-order valence-corrected chi connectivity index (χ2v) is 8.10. The van der Waals surface area contributed by atoms with Crippen LogP contribution in [0, 0.1) is 15.3 Å². The summed E-state index contributed by atoms with van der Waals surface area (Å²) in [5, 5.41) is 3.36. The maximum atomic E-state index is 13.1. The van der Waals surface area contributed by atoms with Gasteiger partial charge in [0, 0.05) is 28.9 Å². The molecule has 1 saturated heterocycles. The Morgan fingerprint density at radius 2 is 2.22 bits per heavy atom. The topological polar surface area (TPSA) is 41.6 Å². The molecular formula is C17H24FIN2O2. The second kappa shape index (κ2) is 7.68. The number of halogens is 2. The van der Waals surface area contributed by atoms with E-state index in [4.69, 9.17) is 4.74 Å². The van der Waals surface area contributed by atoms with Gasteiger partial charge in [0.1, 0.15) is 11.4 Å². The summed E-state index contributed by atoms with van der Waals surface area (Å²) in [5.74, 6) is 0.144. The minimum Gasteiger partial charge on any atom is -0.444 e. The summed E-state index contributed by atoms with van der Waals surface area (Å²) < 4.78 is 19.4. The van der Waals surface area contributed by atoms with Crippen molar-refractivity contribution < 1.29 is 13.9 Å². The molecule has 1 unspecified atom stereocenters. The summed E-state index contributed by atoms with van der Waals surface area (Å²) in [4.78, 5) is 14.0. The number of benzene rings is 1. The molecule has 0 aliphatic carbocycles. The lowest BCUT2D eigenvalue weighted by atomic mass is 9.98. The van der Waals surface area contributed by atoms with E-state index in [0.29, 0.717) is 12.5 Å². The average molecular weight is 434 g/mol. The van der Waals surface area contributed by atoms with Crippen LogP contribution in [-0.4, -0.2) is 36.2 Å². The zero-order valence-corrected chi connectivity index (χ0v) is 16.0. The predicted octanol–water partition coefficient (Wildman–Crippen LogP) is 4.49. The van der Waals surface area contributed by atoms with Gasteiger partial charge in [0.15, 0.2) is 0 Å². The zero-order valence-electron chi connectivity index (χ0n) is 13.9. The van der Waals surface area contributed by atoms with E-state index in [-0.39, 0.29) is 11.9 Å². The van der Waals surface area contributed by atoms with Crippen molar-refractivity contribution in [2.75, 3.05) is 25.0 Å². The predicted molar refractivity (Wildman–Crippen MR) is 98.1 cm³/mol. The second-order valence-electron chi connectivity index (χ2n) is 6.94. The van der Waals surface area contributed by atoms with Gasteiger partial charge in [-0.05, 0) is 80.3 Å². The van der Waals surface area contributed by atoms with Gasteiger partial charge in [0.05, 0.1) is 0 Å². The first kappa shape index (κ1) is 18.3. The SMILES string of the molecule is CC(C)(C)OC(=O)N1CCCC(CNc2ccc(F)cc2I)C1. The van der Waals surface area contributed by atoms with Crippen LogP contribution < -0.4 is 5.32 Å². The summed E-state index contributed by atoms with van der Waals surface area (Å²) >= 11 is 2.12. The minimum atomic E-state index is -0.466. The highest BCUT2D eigenvalue weighted by Crippen LogP contribution is 2.22. The van der Waals surface area contributed by atoms with Crippen molar-refractivity contribution in [3.05, 3.63) is 27.6 Å². The van der Waals surface area contributed by atoms with E-state index in [9.17, 15) is 9.18 Å². The van der Waals surface area contributed by atoms with E-state index < -0.39 is 5.60 Å². The van der Waals surface area contributed by atoms with E-state index in [1.54, 1.807) is 11.0 Å². The number of carbonyl (C=O) groups excluding carboxylic acids is 1. The van der Waals surface area contributed by atoms with Crippen LogP contribution in [0.1, 0.15) is 33.6 Å². The van der Waals surface area contributed by atoms with Crippen molar-refractivity contribution in [3.63, 3.8) is 0 Å². The van der Waals surface area contributed by atoms with Gasteiger partial charge in [-0.3, -0.25) is 0 Å². The van der Waals surface area contributed by atoms with E-state index in [1.807, 2.05) is 20.8 Å². The lowest BCUT2D eigenvalue weighted by molar-refractivity contribution is 0.0172. The molecule has 0 radical (unpaired) electrons. The van der Waals surface area contributed by atoms with Gasteiger partial charge in [0.2, 0.25) is 0 Å². The van der Waals surface area contributed by atoms with Crippen LogP contribution in [0.15, 0.2) is 18.2 Å². The molecule has 0 bridgehead atoms. The zero-order chi connectivity index (χ0) is 17.0. The first-order valence-electron chi connectivity index (χ1n) is 7.91. The fourth-order valence-corrected chi connectivity index (χ4v) is 3.28. The Bertz CT molecular complexity index is 560. The number of nitrogens with zero attached hydrogens (tertiary/aromatic N) is 1. The number of anilines is 1. The Hall–Kier alpha value is -1.05. The average Bonchev–Trinajstić information content (AvgIpc) is 2.45. The van der Waals surface area contributed by atoms with E-state index in [1.165, 1.54) is 12.1 Å². The highest BCUT2D eigenvalue weighted by molar-refractivity contribution is 14.1. The monoisotopic (exact) mass is 434 g/mol. The molecule has 1 heterocycles. The third kappa shape index (κ3) is 5.82. The maximum Gasteiger partial charge on any atom is 0.410 e. The lowest BCUT2D eigenvalue weighted by Crippen LogP contribution is -2.44. The van der Waals surface area contributed by atoms with Crippen LogP contribution in [-0.2, 0) is 4.74 Å². The van der Waals surface area contributed by atoms with Crippen LogP contribution in [0.25, 0.3) is 0 Å². The Morgan fingerprint density at radius 1 is 1.48 bits per heavy atom. The van der Waals surface area contributed by atoms with Crippen molar-refractivity contribution in [3.8, 4) is 0 Å². The number of hydrogen-bond donors (Lipinski definition) is 1. The van der Waals surface area contributed by atoms with Crippen LogP contribution >= 0.6 is 22.6 Å². The Morgan fingerprint density at radius 3 is 2.87 bits per heavy atom. The van der Waals surface area contributed by atoms with Gasteiger partial charge >= 0.3 is 6.09 Å². The number of rotatable bonds is 3. The quantitative estimate of drug-likeness (QED) is 0.713. The van der Waals surface area contributed by atoms with Gasteiger partial charge in [-0.15, -0.1) is 0 Å². The number of nitrogens with one attached hydrogen (secondary N) is 1. The molecule has 0 saturated carbocycles. The van der Waals surface area contributed by atoms with Gasteiger partial charge in [-0.1, -0.05) is 0 Å². The standard InChI is InChI=1S/C17H24FIN2O2/c1-17(2,3)23-16(22)21-8-4-5-12(11-21)10-20-15-7-6-13(18)9-14(15)19/h6-7,9,12,20H,4-5,8,10-11H2,1-3H3. The molecule has 1 aromatic rings. The molecule has 1 aromatic carbocycles. The highest BCUT2D eigenvalue weighted by Gasteiger charge is 2.27. The molecule has 2 rings (SSSR count). The molecule has 0 spiro atoms. The van der Waals surface area contributed by atoms with Crippen molar-refractivity contribution in [2.24, 2.45) is 5.92 Å². The van der Waals surface area contributed by atoms with Crippen LogP contribution in [0.2, 0.25) is 0 Å². The number of likely N-dealkylation sites (tertiary alicyclic amines) is 1. The number of hydrogen-bond acceptors (Lipinski definition) is 3. The van der Waals surface area contributed by atoms with E-state index in [2.05, 4.69) is 27.9 Å². The molecule has 128 valence electrons. The van der Waals surface area contributed by atoms with Crippen LogP contribution in [0.4, 0.5) is 14.9 Å². The molecule has 1 amide bonds. The smallest absolute Gasteiger partial charge is 0.410 e. The van der Waals surface area contributed by atoms with Crippen molar-refractivity contribution in [1.29, 1.82) is 0 Å². The first-order chi connectivity index (χ1) is 10.7. The fourth-order valence-electron chi connectivity index (χ4n) is 2.61. The molecule has 6 heteroatoms. The molecule has 4 nitrogen and oxygen atoms in total. The van der Waals surface area contributed by atoms with Gasteiger partial charge < -0.3 is 15.0 Å². The van der Waals surface area contributed by atoms with Crippen molar-refractivity contribution in [2.45, 2.75) is 39.2 Å². The Balaban J connectivity index is 1.87. The summed E-state index contributed by atoms with van der Waals surface area (Å²) in [6.45, 7) is 7.85. The van der Waals surface area contributed by atoms with Crippen molar-refractivity contribution >= 4 is 34.4 Å².